The predicted molar refractivity (Wildman–Crippen MR) is 138 cm³/mol. The van der Waals surface area contributed by atoms with E-state index >= 15 is 0 Å². The van der Waals surface area contributed by atoms with Gasteiger partial charge in [-0.05, 0) is 36.6 Å². The number of thiazole rings is 1. The Morgan fingerprint density at radius 2 is 1.91 bits per heavy atom. The number of nitrogen functional groups attached to an aromatic ring is 1. The number of amides is 1. The van der Waals surface area contributed by atoms with Crippen molar-refractivity contribution in [2.75, 3.05) is 5.73 Å². The van der Waals surface area contributed by atoms with Crippen molar-refractivity contribution in [2.24, 2.45) is 0 Å². The lowest BCUT2D eigenvalue weighted by atomic mass is 10.1. The monoisotopic (exact) mass is 502 g/mol. The molecule has 0 saturated carbocycles. The Kier molecular flexibility index (Phi) is 6.02. The Hall–Kier alpha value is -4.08. The summed E-state index contributed by atoms with van der Waals surface area (Å²) in [4.78, 5) is 39.5. The molecule has 0 aliphatic heterocycles. The van der Waals surface area contributed by atoms with E-state index in [9.17, 15) is 9.59 Å². The van der Waals surface area contributed by atoms with Crippen LogP contribution in [0.3, 0.4) is 0 Å². The second kappa shape index (κ2) is 9.28. The quantitative estimate of drug-likeness (QED) is 0.362. The summed E-state index contributed by atoms with van der Waals surface area (Å²) in [5.41, 5.74) is 9.63. The molecule has 0 radical (unpaired) electrons. The molecule has 0 aliphatic carbocycles. The molecule has 10 heteroatoms. The Bertz CT molecular complexity index is 1600. The summed E-state index contributed by atoms with van der Waals surface area (Å²) in [6, 6.07) is 15.7. The summed E-state index contributed by atoms with van der Waals surface area (Å²) in [7, 11) is 0. The van der Waals surface area contributed by atoms with Crippen LogP contribution < -0.4 is 16.6 Å². The van der Waals surface area contributed by atoms with E-state index in [1.807, 2.05) is 47.8 Å². The first-order chi connectivity index (χ1) is 16.9. The highest BCUT2D eigenvalue weighted by Gasteiger charge is 2.22. The molecule has 5 rings (SSSR count). The molecule has 2 aromatic carbocycles. The maximum Gasteiger partial charge on any atom is 0.274 e. The van der Waals surface area contributed by atoms with Crippen molar-refractivity contribution in [1.82, 2.24) is 24.8 Å². The van der Waals surface area contributed by atoms with Crippen LogP contribution in [-0.4, -0.2) is 25.4 Å². The Morgan fingerprint density at radius 3 is 2.66 bits per heavy atom. The van der Waals surface area contributed by atoms with Crippen LogP contribution in [0, 0.1) is 0 Å². The number of nitrogens with zero attached hydrogens (tertiary/aromatic N) is 4. The van der Waals surface area contributed by atoms with Gasteiger partial charge in [-0.15, -0.1) is 11.3 Å². The van der Waals surface area contributed by atoms with Crippen molar-refractivity contribution in [2.45, 2.75) is 13.0 Å². The Morgan fingerprint density at radius 1 is 1.11 bits per heavy atom. The van der Waals surface area contributed by atoms with Crippen LogP contribution in [0.25, 0.3) is 27.8 Å². The zero-order valence-electron chi connectivity index (χ0n) is 18.5. The first kappa shape index (κ1) is 22.7. The number of carbonyl (C=O) groups is 1. The van der Waals surface area contributed by atoms with Crippen LogP contribution in [0.15, 0.2) is 76.5 Å². The molecule has 0 bridgehead atoms. The third-order valence-electron chi connectivity index (χ3n) is 5.54. The van der Waals surface area contributed by atoms with Gasteiger partial charge in [-0.1, -0.05) is 41.9 Å². The van der Waals surface area contributed by atoms with Gasteiger partial charge in [0.2, 0.25) is 0 Å². The lowest BCUT2D eigenvalue weighted by Gasteiger charge is -2.21. The van der Waals surface area contributed by atoms with Crippen molar-refractivity contribution < 1.29 is 4.79 Å². The molecule has 3 aromatic heterocycles. The lowest BCUT2D eigenvalue weighted by Crippen LogP contribution is -2.33. The number of nitrogens with two attached hydrogens (primary N) is 1. The molecule has 1 atom stereocenters. The van der Waals surface area contributed by atoms with E-state index in [1.54, 1.807) is 29.1 Å². The molecule has 1 unspecified atom stereocenters. The summed E-state index contributed by atoms with van der Waals surface area (Å²) >= 11 is 7.79. The lowest BCUT2D eigenvalue weighted by molar-refractivity contribution is 0.0934. The second-order valence-corrected chi connectivity index (χ2v) is 8.93. The summed E-state index contributed by atoms with van der Waals surface area (Å²) in [6.07, 6.45) is 1.48. The number of para-hydroxylation sites is 1. The smallest absolute Gasteiger partial charge is 0.274 e. The van der Waals surface area contributed by atoms with Gasteiger partial charge in [-0.3, -0.25) is 14.2 Å². The van der Waals surface area contributed by atoms with Gasteiger partial charge in [-0.2, -0.15) is 0 Å². The van der Waals surface area contributed by atoms with Crippen LogP contribution in [0.1, 0.15) is 29.1 Å². The van der Waals surface area contributed by atoms with Gasteiger partial charge in [-0.25, -0.2) is 15.0 Å². The van der Waals surface area contributed by atoms with Gasteiger partial charge >= 0.3 is 0 Å². The van der Waals surface area contributed by atoms with Gasteiger partial charge in [0.25, 0.3) is 11.5 Å². The van der Waals surface area contributed by atoms with Gasteiger partial charge < -0.3 is 11.1 Å². The number of hydrogen-bond donors (Lipinski definition) is 2. The van der Waals surface area contributed by atoms with E-state index < -0.39 is 11.9 Å². The number of hydrogen-bond acceptors (Lipinski definition) is 7. The van der Waals surface area contributed by atoms with Crippen molar-refractivity contribution >= 4 is 45.4 Å². The molecule has 0 saturated heterocycles. The van der Waals surface area contributed by atoms with Gasteiger partial charge in [0, 0.05) is 16.8 Å². The topological polar surface area (TPSA) is 116 Å². The molecule has 8 nitrogen and oxygen atoms in total. The number of anilines is 1. The number of carbonyl (C=O) groups excluding carboxylic acids is 1. The molecule has 0 fully saturated rings. The average Bonchev–Trinajstić information content (AvgIpc) is 3.39. The average molecular weight is 503 g/mol. The fourth-order valence-corrected chi connectivity index (χ4v) is 4.68. The number of pyridine rings is 1. The highest BCUT2D eigenvalue weighted by atomic mass is 35.5. The van der Waals surface area contributed by atoms with Crippen molar-refractivity contribution in [1.29, 1.82) is 0 Å². The molecule has 35 heavy (non-hydrogen) atoms. The molecular weight excluding hydrogens is 484 g/mol. The number of benzene rings is 2. The Balaban J connectivity index is 1.58. The first-order valence-electron chi connectivity index (χ1n) is 10.7. The minimum atomic E-state index is -0.581. The molecule has 0 aliphatic rings. The maximum absolute atomic E-state index is 13.6. The van der Waals surface area contributed by atoms with Crippen LogP contribution >= 0.6 is 22.9 Å². The van der Waals surface area contributed by atoms with Crippen LogP contribution in [-0.2, 0) is 0 Å². The molecule has 174 valence electrons. The predicted octanol–water partition coefficient (Wildman–Crippen LogP) is 4.63. The first-order valence-corrected chi connectivity index (χ1v) is 12.0. The number of aromatic nitrogens is 4. The van der Waals surface area contributed by atoms with Crippen molar-refractivity contribution in [3.8, 4) is 17.1 Å². The number of rotatable bonds is 5. The third-order valence-corrected chi connectivity index (χ3v) is 6.44. The molecule has 0 spiro atoms. The van der Waals surface area contributed by atoms with E-state index in [4.69, 9.17) is 17.3 Å². The highest BCUT2D eigenvalue weighted by molar-refractivity contribution is 7.07. The molecular formula is C25H19ClN6O2S. The maximum atomic E-state index is 13.6. The summed E-state index contributed by atoms with van der Waals surface area (Å²) in [5.74, 6) is -0.516. The van der Waals surface area contributed by atoms with Gasteiger partial charge in [0.05, 0.1) is 28.2 Å². The van der Waals surface area contributed by atoms with E-state index in [1.165, 1.54) is 17.5 Å². The van der Waals surface area contributed by atoms with Gasteiger partial charge in [0.15, 0.2) is 11.5 Å². The molecule has 5 aromatic rings. The second-order valence-electron chi connectivity index (χ2n) is 7.81. The van der Waals surface area contributed by atoms with Crippen LogP contribution in [0.2, 0.25) is 5.02 Å². The van der Waals surface area contributed by atoms with Crippen molar-refractivity contribution in [3.63, 3.8) is 0 Å². The normalized spacial score (nSPS) is 11.9. The molecule has 3 N–H and O–H groups in total. The Labute approximate surface area is 209 Å². The largest absolute Gasteiger partial charge is 0.382 e. The minimum Gasteiger partial charge on any atom is -0.382 e. The highest BCUT2D eigenvalue weighted by Crippen LogP contribution is 2.26. The van der Waals surface area contributed by atoms with Gasteiger partial charge in [0.1, 0.15) is 11.4 Å². The fraction of sp³-hybridized carbons (Fsp3) is 0.0800. The van der Waals surface area contributed by atoms with E-state index in [0.29, 0.717) is 38.6 Å². The number of fused-ring (bicyclic) bond motifs is 1. The van der Waals surface area contributed by atoms with E-state index in [0.717, 1.165) is 0 Å². The SMILES string of the molecule is CC(NC(=O)c1nc(-c2cscn2)cnc1N)c1cc2cccc(Cl)c2c(=O)n1-c1ccccc1. The molecule has 1 amide bonds. The molecule has 3 heterocycles. The van der Waals surface area contributed by atoms with Crippen molar-refractivity contribution in [3.05, 3.63) is 98.4 Å². The standard InChI is InChI=1S/C25H19ClN6O2S/c1-14(30-24(33)22-23(27)28-11-18(31-22)19-12-35-13-29-19)20-10-15-6-5-9-17(26)21(15)25(34)32(20)16-7-3-2-4-8-16/h2-14H,1H3,(H2,27,28)(H,30,33). The van der Waals surface area contributed by atoms with Crippen LogP contribution in [0.4, 0.5) is 5.82 Å². The summed E-state index contributed by atoms with van der Waals surface area (Å²) in [6.45, 7) is 1.79. The minimum absolute atomic E-state index is 0.000535. The zero-order valence-corrected chi connectivity index (χ0v) is 20.0. The fourth-order valence-electron chi connectivity index (χ4n) is 3.87. The summed E-state index contributed by atoms with van der Waals surface area (Å²) < 4.78 is 1.56. The third kappa shape index (κ3) is 4.27. The zero-order chi connectivity index (χ0) is 24.5. The summed E-state index contributed by atoms with van der Waals surface area (Å²) in [5, 5.41) is 6.17. The van der Waals surface area contributed by atoms with E-state index in [-0.39, 0.29) is 17.1 Å². The van der Waals surface area contributed by atoms with E-state index in [2.05, 4.69) is 20.3 Å². The number of halogens is 1. The number of nitrogens with one attached hydrogen (secondary N) is 1. The van der Waals surface area contributed by atoms with Crippen LogP contribution in [0.5, 0.6) is 0 Å².